The lowest BCUT2D eigenvalue weighted by molar-refractivity contribution is -0.137. The van der Waals surface area contributed by atoms with Gasteiger partial charge in [0.15, 0.2) is 0 Å². The summed E-state index contributed by atoms with van der Waals surface area (Å²) in [6, 6.07) is 8.62. The van der Waals surface area contributed by atoms with Gasteiger partial charge < -0.3 is 9.88 Å². The Hall–Kier alpha value is -3.16. The van der Waals surface area contributed by atoms with E-state index in [-0.39, 0.29) is 29.6 Å². The van der Waals surface area contributed by atoms with Crippen LogP contribution < -0.4 is 10.9 Å². The number of fused-ring (bicyclic) bond motifs is 1. The van der Waals surface area contributed by atoms with Crippen molar-refractivity contribution in [1.82, 2.24) is 9.88 Å². The number of nitrogens with one attached hydrogen (secondary N) is 1. The Morgan fingerprint density at radius 1 is 1.10 bits per heavy atom. The second-order valence-corrected chi connectivity index (χ2v) is 6.59. The minimum atomic E-state index is -4.58. The Morgan fingerprint density at radius 3 is 2.45 bits per heavy atom. The summed E-state index contributed by atoms with van der Waals surface area (Å²) < 4.78 is 53.5. The number of nitrogens with zero attached hydrogens (tertiary/aromatic N) is 1. The molecule has 1 aromatic heterocycles. The molecule has 0 saturated carbocycles. The SMILES string of the molecule is CCn1c(C(=O)NCc2cccc(F)c2)c(C)c2ccc(C(F)(F)F)cc2c1=O. The molecule has 0 bridgehead atoms. The van der Waals surface area contributed by atoms with Gasteiger partial charge in [-0.15, -0.1) is 0 Å². The molecule has 0 unspecified atom stereocenters. The smallest absolute Gasteiger partial charge is 0.347 e. The lowest BCUT2D eigenvalue weighted by Gasteiger charge is -2.17. The topological polar surface area (TPSA) is 51.1 Å². The number of halogens is 4. The van der Waals surface area contributed by atoms with Crippen molar-refractivity contribution in [2.75, 3.05) is 0 Å². The van der Waals surface area contributed by atoms with Gasteiger partial charge in [0, 0.05) is 18.5 Å². The van der Waals surface area contributed by atoms with Crippen molar-refractivity contribution in [1.29, 1.82) is 0 Å². The Morgan fingerprint density at radius 2 is 1.83 bits per heavy atom. The number of pyridine rings is 1. The lowest BCUT2D eigenvalue weighted by Crippen LogP contribution is -2.33. The number of aryl methyl sites for hydroxylation is 1. The number of benzene rings is 2. The maximum Gasteiger partial charge on any atom is 0.416 e. The molecule has 152 valence electrons. The normalized spacial score (nSPS) is 11.7. The minimum Gasteiger partial charge on any atom is -0.347 e. The molecular formula is C21H18F4N2O2. The van der Waals surface area contributed by atoms with E-state index in [1.54, 1.807) is 19.9 Å². The van der Waals surface area contributed by atoms with Gasteiger partial charge in [0.2, 0.25) is 0 Å². The molecule has 3 rings (SSSR count). The van der Waals surface area contributed by atoms with Gasteiger partial charge in [-0.3, -0.25) is 9.59 Å². The van der Waals surface area contributed by atoms with Crippen molar-refractivity contribution < 1.29 is 22.4 Å². The zero-order valence-electron chi connectivity index (χ0n) is 15.7. The number of amides is 1. The molecule has 1 heterocycles. The van der Waals surface area contributed by atoms with Crippen LogP contribution in [-0.4, -0.2) is 10.5 Å². The molecule has 0 aliphatic heterocycles. The molecule has 0 saturated heterocycles. The molecule has 1 amide bonds. The highest BCUT2D eigenvalue weighted by Gasteiger charge is 2.31. The minimum absolute atomic E-state index is 0.0407. The van der Waals surface area contributed by atoms with Crippen LogP contribution in [0, 0.1) is 12.7 Å². The van der Waals surface area contributed by atoms with Crippen molar-refractivity contribution >= 4 is 16.7 Å². The first-order valence-electron chi connectivity index (χ1n) is 8.90. The third-order valence-electron chi connectivity index (χ3n) is 4.72. The average molecular weight is 406 g/mol. The monoisotopic (exact) mass is 406 g/mol. The number of carbonyl (C=O) groups excluding carboxylic acids is 1. The number of rotatable bonds is 4. The van der Waals surface area contributed by atoms with Crippen LogP contribution in [0.25, 0.3) is 10.8 Å². The van der Waals surface area contributed by atoms with Crippen molar-refractivity contribution in [2.24, 2.45) is 0 Å². The molecule has 3 aromatic rings. The summed E-state index contributed by atoms with van der Waals surface area (Å²) >= 11 is 0. The number of aromatic nitrogens is 1. The maximum atomic E-state index is 13.3. The molecule has 0 radical (unpaired) electrons. The van der Waals surface area contributed by atoms with Gasteiger partial charge in [0.1, 0.15) is 11.5 Å². The van der Waals surface area contributed by atoms with Gasteiger partial charge in [0.05, 0.1) is 5.56 Å². The quantitative estimate of drug-likeness (QED) is 0.653. The van der Waals surface area contributed by atoms with E-state index in [0.29, 0.717) is 11.1 Å². The molecule has 2 aromatic carbocycles. The van der Waals surface area contributed by atoms with Crippen molar-refractivity contribution in [2.45, 2.75) is 33.1 Å². The first kappa shape index (κ1) is 20.6. The van der Waals surface area contributed by atoms with Gasteiger partial charge in [-0.05, 0) is 54.6 Å². The summed E-state index contributed by atoms with van der Waals surface area (Å²) in [5.41, 5.74) is -0.590. The van der Waals surface area contributed by atoms with E-state index >= 15 is 0 Å². The molecule has 0 spiro atoms. The highest BCUT2D eigenvalue weighted by molar-refractivity contribution is 5.99. The zero-order valence-corrected chi connectivity index (χ0v) is 15.7. The van der Waals surface area contributed by atoms with Crippen molar-refractivity contribution in [3.8, 4) is 0 Å². The highest BCUT2D eigenvalue weighted by atomic mass is 19.4. The fourth-order valence-corrected chi connectivity index (χ4v) is 3.31. The second kappa shape index (κ2) is 7.69. The highest BCUT2D eigenvalue weighted by Crippen LogP contribution is 2.31. The van der Waals surface area contributed by atoms with Crippen molar-refractivity contribution in [3.63, 3.8) is 0 Å². The van der Waals surface area contributed by atoms with E-state index in [2.05, 4.69) is 5.32 Å². The van der Waals surface area contributed by atoms with Crippen LogP contribution in [0.3, 0.4) is 0 Å². The van der Waals surface area contributed by atoms with Crippen molar-refractivity contribution in [3.05, 3.63) is 81.0 Å². The predicted molar refractivity (Wildman–Crippen MR) is 101 cm³/mol. The molecular weight excluding hydrogens is 388 g/mol. The Bertz CT molecular complexity index is 1150. The largest absolute Gasteiger partial charge is 0.416 e. The van der Waals surface area contributed by atoms with Gasteiger partial charge in [0.25, 0.3) is 11.5 Å². The maximum absolute atomic E-state index is 13.3. The van der Waals surface area contributed by atoms with E-state index < -0.39 is 29.0 Å². The number of hydrogen-bond acceptors (Lipinski definition) is 2. The molecule has 8 heteroatoms. The molecule has 0 fully saturated rings. The van der Waals surface area contributed by atoms with Crippen LogP contribution in [0.2, 0.25) is 0 Å². The van der Waals surface area contributed by atoms with Crippen LogP contribution in [-0.2, 0) is 19.3 Å². The summed E-state index contributed by atoms with van der Waals surface area (Å²) in [5, 5.41) is 2.82. The van der Waals surface area contributed by atoms with Gasteiger partial charge in [-0.1, -0.05) is 18.2 Å². The predicted octanol–water partition coefficient (Wildman–Crippen LogP) is 4.42. The Balaban J connectivity index is 2.06. The standard InChI is InChI=1S/C21H18F4N2O2/c1-3-27-18(19(28)26-11-13-5-4-6-15(22)9-13)12(2)16-8-7-14(21(23,24)25)10-17(16)20(27)29/h4-10H,3,11H2,1-2H3,(H,26,28). The van der Waals surface area contributed by atoms with Gasteiger partial charge in [-0.2, -0.15) is 13.2 Å². The van der Waals surface area contributed by atoms with Crippen LogP contribution in [0.15, 0.2) is 47.3 Å². The summed E-state index contributed by atoms with van der Waals surface area (Å²) in [6.45, 7) is 3.36. The van der Waals surface area contributed by atoms with Gasteiger partial charge >= 0.3 is 6.18 Å². The second-order valence-electron chi connectivity index (χ2n) is 6.59. The van der Waals surface area contributed by atoms with E-state index in [1.165, 1.54) is 24.3 Å². The molecule has 29 heavy (non-hydrogen) atoms. The average Bonchev–Trinajstić information content (AvgIpc) is 2.67. The molecule has 1 N–H and O–H groups in total. The zero-order chi connectivity index (χ0) is 21.3. The summed E-state index contributed by atoms with van der Waals surface area (Å²) in [7, 11) is 0. The molecule has 4 nitrogen and oxygen atoms in total. The fraction of sp³-hybridized carbons (Fsp3) is 0.238. The number of alkyl halides is 3. The van der Waals surface area contributed by atoms with Gasteiger partial charge in [-0.25, -0.2) is 4.39 Å². The summed E-state index contributed by atoms with van der Waals surface area (Å²) in [6.07, 6.45) is -4.58. The third-order valence-corrected chi connectivity index (χ3v) is 4.72. The fourth-order valence-electron chi connectivity index (χ4n) is 3.31. The number of carbonyl (C=O) groups is 1. The van der Waals surface area contributed by atoms with E-state index in [1.807, 2.05) is 0 Å². The molecule has 0 atom stereocenters. The first-order chi connectivity index (χ1) is 13.6. The third kappa shape index (κ3) is 4.01. The van der Waals surface area contributed by atoms with E-state index in [9.17, 15) is 27.2 Å². The van der Waals surface area contributed by atoms with Crippen LogP contribution in [0.1, 0.15) is 34.1 Å². The van der Waals surface area contributed by atoms with Crippen LogP contribution in [0.4, 0.5) is 17.6 Å². The van der Waals surface area contributed by atoms with Crippen LogP contribution >= 0.6 is 0 Å². The summed E-state index contributed by atoms with van der Waals surface area (Å²) in [4.78, 5) is 25.6. The molecule has 0 aliphatic rings. The van der Waals surface area contributed by atoms with Crippen LogP contribution in [0.5, 0.6) is 0 Å². The Kier molecular flexibility index (Phi) is 5.46. The Labute approximate surface area is 163 Å². The van der Waals surface area contributed by atoms with E-state index in [0.717, 1.165) is 16.7 Å². The van der Waals surface area contributed by atoms with E-state index in [4.69, 9.17) is 0 Å². The first-order valence-corrected chi connectivity index (χ1v) is 8.90. The lowest BCUT2D eigenvalue weighted by atomic mass is 10.0. The molecule has 0 aliphatic carbocycles. The number of hydrogen-bond donors (Lipinski definition) is 1. The summed E-state index contributed by atoms with van der Waals surface area (Å²) in [5.74, 6) is -1.00.